The Balaban J connectivity index is 2.07. The van der Waals surface area contributed by atoms with Gasteiger partial charge in [-0.2, -0.15) is 5.10 Å². The van der Waals surface area contributed by atoms with E-state index in [0.29, 0.717) is 43.0 Å². The van der Waals surface area contributed by atoms with E-state index in [4.69, 9.17) is 5.73 Å². The van der Waals surface area contributed by atoms with E-state index in [1.165, 1.54) is 4.68 Å². The summed E-state index contributed by atoms with van der Waals surface area (Å²) in [6, 6.07) is 0. The van der Waals surface area contributed by atoms with Crippen molar-refractivity contribution in [2.45, 2.75) is 19.8 Å². The summed E-state index contributed by atoms with van der Waals surface area (Å²) in [5.41, 5.74) is 7.44. The summed E-state index contributed by atoms with van der Waals surface area (Å²) in [4.78, 5) is 25.8. The lowest BCUT2D eigenvalue weighted by Crippen LogP contribution is -2.43. The van der Waals surface area contributed by atoms with Gasteiger partial charge >= 0.3 is 0 Å². The number of likely N-dealkylation sites (tertiary alicyclic amines) is 1. The second-order valence-corrected chi connectivity index (χ2v) is 5.15. The summed E-state index contributed by atoms with van der Waals surface area (Å²) < 4.78 is 1.53. The largest absolute Gasteiger partial charge is 0.395 e. The van der Waals surface area contributed by atoms with Crippen LogP contribution in [0.4, 0.5) is 5.69 Å². The number of aryl methyl sites for hydroxylation is 2. The van der Waals surface area contributed by atoms with Crippen molar-refractivity contribution < 1.29 is 9.59 Å². The van der Waals surface area contributed by atoms with E-state index in [0.717, 1.165) is 0 Å². The Morgan fingerprint density at radius 2 is 1.95 bits per heavy atom. The second-order valence-electron chi connectivity index (χ2n) is 5.15. The first-order valence-corrected chi connectivity index (χ1v) is 6.75. The Morgan fingerprint density at radius 1 is 1.35 bits per heavy atom. The molecule has 1 aromatic heterocycles. The fourth-order valence-electron chi connectivity index (χ4n) is 2.63. The van der Waals surface area contributed by atoms with E-state index in [-0.39, 0.29) is 17.7 Å². The molecule has 110 valence electrons. The van der Waals surface area contributed by atoms with Crippen LogP contribution in [0.15, 0.2) is 0 Å². The van der Waals surface area contributed by atoms with Crippen molar-refractivity contribution in [3.63, 3.8) is 0 Å². The fourth-order valence-corrected chi connectivity index (χ4v) is 2.63. The zero-order valence-corrected chi connectivity index (χ0v) is 12.1. The molecule has 0 bridgehead atoms. The first-order chi connectivity index (χ1) is 9.45. The SMILES string of the molecule is CNC(=O)C1CCN(C(=O)c2c(N)c(C)nn2C)CC1. The minimum atomic E-state index is -0.110. The van der Waals surface area contributed by atoms with Crippen LogP contribution in [0.5, 0.6) is 0 Å². The number of carbonyl (C=O) groups is 2. The summed E-state index contributed by atoms with van der Waals surface area (Å²) in [5.74, 6) is -0.0661. The predicted octanol–water partition coefficient (Wildman–Crippen LogP) is -0.0911. The van der Waals surface area contributed by atoms with Gasteiger partial charge in [0.15, 0.2) is 0 Å². The molecule has 20 heavy (non-hydrogen) atoms. The van der Waals surface area contributed by atoms with Crippen LogP contribution in [0.2, 0.25) is 0 Å². The number of anilines is 1. The highest BCUT2D eigenvalue weighted by molar-refractivity contribution is 5.98. The van der Waals surface area contributed by atoms with E-state index in [9.17, 15) is 9.59 Å². The minimum Gasteiger partial charge on any atom is -0.395 e. The lowest BCUT2D eigenvalue weighted by molar-refractivity contribution is -0.125. The van der Waals surface area contributed by atoms with Gasteiger partial charge < -0.3 is 16.0 Å². The lowest BCUT2D eigenvalue weighted by atomic mass is 9.96. The zero-order valence-electron chi connectivity index (χ0n) is 12.1. The van der Waals surface area contributed by atoms with Crippen LogP contribution in [0.25, 0.3) is 0 Å². The molecule has 0 spiro atoms. The first-order valence-electron chi connectivity index (χ1n) is 6.75. The first kappa shape index (κ1) is 14.4. The third-order valence-corrected chi connectivity index (χ3v) is 3.87. The number of nitrogens with two attached hydrogens (primary N) is 1. The van der Waals surface area contributed by atoms with Crippen molar-refractivity contribution in [2.75, 3.05) is 25.9 Å². The molecule has 7 nitrogen and oxygen atoms in total. The number of nitrogen functional groups attached to an aromatic ring is 1. The highest BCUT2D eigenvalue weighted by Gasteiger charge is 2.29. The molecule has 0 aliphatic carbocycles. The molecule has 2 rings (SSSR count). The van der Waals surface area contributed by atoms with Crippen molar-refractivity contribution >= 4 is 17.5 Å². The lowest BCUT2D eigenvalue weighted by Gasteiger charge is -2.31. The van der Waals surface area contributed by atoms with Crippen molar-refractivity contribution in [1.29, 1.82) is 0 Å². The Morgan fingerprint density at radius 3 is 2.40 bits per heavy atom. The molecular weight excluding hydrogens is 258 g/mol. The summed E-state index contributed by atoms with van der Waals surface area (Å²) in [5, 5.41) is 6.82. The van der Waals surface area contributed by atoms with E-state index >= 15 is 0 Å². The number of carbonyl (C=O) groups excluding carboxylic acids is 2. The van der Waals surface area contributed by atoms with E-state index < -0.39 is 0 Å². The molecule has 3 N–H and O–H groups in total. The molecule has 1 fully saturated rings. The van der Waals surface area contributed by atoms with Crippen LogP contribution < -0.4 is 11.1 Å². The molecule has 7 heteroatoms. The van der Waals surface area contributed by atoms with Gasteiger partial charge in [-0.15, -0.1) is 0 Å². The van der Waals surface area contributed by atoms with Gasteiger partial charge in [-0.25, -0.2) is 0 Å². The number of amides is 2. The maximum absolute atomic E-state index is 12.5. The number of nitrogens with zero attached hydrogens (tertiary/aromatic N) is 3. The highest BCUT2D eigenvalue weighted by atomic mass is 16.2. The molecule has 1 aromatic rings. The molecule has 1 saturated heterocycles. The quantitative estimate of drug-likeness (QED) is 0.791. The Labute approximate surface area is 118 Å². The van der Waals surface area contributed by atoms with Crippen LogP contribution in [0.3, 0.4) is 0 Å². The smallest absolute Gasteiger partial charge is 0.274 e. The van der Waals surface area contributed by atoms with Crippen molar-refractivity contribution in [2.24, 2.45) is 13.0 Å². The molecule has 0 atom stereocenters. The number of aromatic nitrogens is 2. The Bertz CT molecular complexity index is 529. The van der Waals surface area contributed by atoms with Crippen LogP contribution >= 0.6 is 0 Å². The predicted molar refractivity (Wildman–Crippen MR) is 75.1 cm³/mol. The van der Waals surface area contributed by atoms with Gasteiger partial charge in [0.2, 0.25) is 5.91 Å². The number of hydrogen-bond donors (Lipinski definition) is 2. The van der Waals surface area contributed by atoms with Gasteiger partial charge in [0, 0.05) is 33.1 Å². The molecule has 2 amide bonds. The van der Waals surface area contributed by atoms with Gasteiger partial charge in [0.1, 0.15) is 5.69 Å². The zero-order chi connectivity index (χ0) is 14.9. The number of hydrogen-bond acceptors (Lipinski definition) is 4. The summed E-state index contributed by atoms with van der Waals surface area (Å²) >= 11 is 0. The molecule has 0 unspecified atom stereocenters. The van der Waals surface area contributed by atoms with Gasteiger partial charge in [0.25, 0.3) is 5.91 Å². The van der Waals surface area contributed by atoms with Crippen molar-refractivity contribution in [3.8, 4) is 0 Å². The van der Waals surface area contributed by atoms with Crippen LogP contribution in [0.1, 0.15) is 29.0 Å². The normalized spacial score (nSPS) is 16.2. The molecule has 0 radical (unpaired) electrons. The monoisotopic (exact) mass is 279 g/mol. The highest BCUT2D eigenvalue weighted by Crippen LogP contribution is 2.22. The Kier molecular flexibility index (Phi) is 3.96. The second kappa shape index (κ2) is 5.52. The number of nitrogens with one attached hydrogen (secondary N) is 1. The molecule has 0 saturated carbocycles. The van der Waals surface area contributed by atoms with E-state index in [1.807, 2.05) is 0 Å². The van der Waals surface area contributed by atoms with Crippen LogP contribution in [0, 0.1) is 12.8 Å². The van der Waals surface area contributed by atoms with Gasteiger partial charge in [-0.1, -0.05) is 0 Å². The van der Waals surface area contributed by atoms with Crippen LogP contribution in [-0.4, -0.2) is 46.6 Å². The third-order valence-electron chi connectivity index (χ3n) is 3.87. The Hall–Kier alpha value is -2.05. The van der Waals surface area contributed by atoms with Gasteiger partial charge in [-0.05, 0) is 19.8 Å². The van der Waals surface area contributed by atoms with Crippen molar-refractivity contribution in [1.82, 2.24) is 20.0 Å². The van der Waals surface area contributed by atoms with Gasteiger partial charge in [0.05, 0.1) is 11.4 Å². The topological polar surface area (TPSA) is 93.2 Å². The van der Waals surface area contributed by atoms with Crippen molar-refractivity contribution in [3.05, 3.63) is 11.4 Å². The third kappa shape index (κ3) is 2.48. The minimum absolute atomic E-state index is 0.00493. The maximum atomic E-state index is 12.5. The average Bonchev–Trinajstić information content (AvgIpc) is 2.71. The standard InChI is InChI=1S/C13H21N5O2/c1-8-10(14)11(17(3)16-8)13(20)18-6-4-9(5-7-18)12(19)15-2/h9H,4-7,14H2,1-3H3,(H,15,19). The van der Waals surface area contributed by atoms with E-state index in [2.05, 4.69) is 10.4 Å². The van der Waals surface area contributed by atoms with E-state index in [1.54, 1.807) is 25.9 Å². The van der Waals surface area contributed by atoms with Crippen LogP contribution in [-0.2, 0) is 11.8 Å². The number of piperidine rings is 1. The van der Waals surface area contributed by atoms with Gasteiger partial charge in [-0.3, -0.25) is 14.3 Å². The molecular formula is C13H21N5O2. The molecule has 1 aliphatic rings. The summed E-state index contributed by atoms with van der Waals surface area (Å²) in [7, 11) is 3.35. The fraction of sp³-hybridized carbons (Fsp3) is 0.615. The molecule has 2 heterocycles. The molecule has 1 aliphatic heterocycles. The summed E-state index contributed by atoms with van der Waals surface area (Å²) in [6.07, 6.45) is 1.37. The number of rotatable bonds is 2. The average molecular weight is 279 g/mol. The maximum Gasteiger partial charge on any atom is 0.274 e. The summed E-state index contributed by atoms with van der Waals surface area (Å²) in [6.45, 7) is 2.92. The molecule has 0 aromatic carbocycles.